The summed E-state index contributed by atoms with van der Waals surface area (Å²) in [5.74, 6) is 0.839. The van der Waals surface area contributed by atoms with Gasteiger partial charge in [-0.2, -0.15) is 0 Å². The lowest BCUT2D eigenvalue weighted by Crippen LogP contribution is -2.30. The van der Waals surface area contributed by atoms with Gasteiger partial charge in [-0.05, 0) is 42.7 Å². The summed E-state index contributed by atoms with van der Waals surface area (Å²) in [6, 6.07) is 17.8. The first-order valence-electron chi connectivity index (χ1n) is 11.1. The van der Waals surface area contributed by atoms with Crippen LogP contribution >= 0.6 is 24.0 Å². The second kappa shape index (κ2) is 12.1. The van der Waals surface area contributed by atoms with Crippen molar-refractivity contribution in [3.63, 3.8) is 0 Å². The number of hydrogen-bond donors (Lipinski definition) is 0. The van der Waals surface area contributed by atoms with Crippen molar-refractivity contribution in [3.8, 4) is 5.75 Å². The van der Waals surface area contributed by atoms with E-state index in [4.69, 9.17) is 17.0 Å². The topological polar surface area (TPSA) is 29.5 Å². The van der Waals surface area contributed by atoms with Crippen LogP contribution in [0.4, 0.5) is 0 Å². The number of carbonyl (C=O) groups excluding carboxylic acids is 1. The fourth-order valence-electron chi connectivity index (χ4n) is 3.58. The molecule has 1 amide bonds. The summed E-state index contributed by atoms with van der Waals surface area (Å²) in [5.41, 5.74) is 2.05. The third-order valence-electron chi connectivity index (χ3n) is 5.44. The SMILES string of the molecule is CCCCCCCCOc1ccc(/C=C2\SC(=S)N([C@@H](C)c3ccccc3)C2=O)cc1. The van der Waals surface area contributed by atoms with E-state index >= 15 is 0 Å². The number of unbranched alkanes of at least 4 members (excludes halogenated alkanes) is 5. The molecule has 0 bridgehead atoms. The van der Waals surface area contributed by atoms with Gasteiger partial charge >= 0.3 is 0 Å². The molecule has 0 radical (unpaired) electrons. The van der Waals surface area contributed by atoms with Gasteiger partial charge in [0.05, 0.1) is 17.6 Å². The molecule has 0 aliphatic carbocycles. The van der Waals surface area contributed by atoms with E-state index in [1.807, 2.05) is 67.6 Å². The van der Waals surface area contributed by atoms with Crippen LogP contribution in [0.3, 0.4) is 0 Å². The number of benzene rings is 2. The predicted octanol–water partition coefficient (Wildman–Crippen LogP) is 7.39. The molecule has 1 heterocycles. The van der Waals surface area contributed by atoms with Gasteiger partial charge in [-0.3, -0.25) is 9.69 Å². The Labute approximate surface area is 195 Å². The van der Waals surface area contributed by atoms with E-state index in [9.17, 15) is 4.79 Å². The van der Waals surface area contributed by atoms with Gasteiger partial charge in [-0.1, -0.05) is 105 Å². The minimum atomic E-state index is -0.0858. The van der Waals surface area contributed by atoms with E-state index in [-0.39, 0.29) is 11.9 Å². The molecular weight excluding hydrogens is 422 g/mol. The first-order valence-corrected chi connectivity index (χ1v) is 12.4. The fourth-order valence-corrected chi connectivity index (χ4v) is 5.00. The molecule has 1 fully saturated rings. The first-order chi connectivity index (χ1) is 15.1. The minimum Gasteiger partial charge on any atom is -0.494 e. The number of thiocarbonyl (C=S) groups is 1. The molecule has 1 saturated heterocycles. The van der Waals surface area contributed by atoms with Crippen LogP contribution in [0.15, 0.2) is 59.5 Å². The highest BCUT2D eigenvalue weighted by Crippen LogP contribution is 2.38. The summed E-state index contributed by atoms with van der Waals surface area (Å²) in [6.45, 7) is 5.00. The average Bonchev–Trinajstić information content (AvgIpc) is 3.07. The summed E-state index contributed by atoms with van der Waals surface area (Å²) in [5, 5.41) is 0. The van der Waals surface area contributed by atoms with Crippen molar-refractivity contribution in [3.05, 3.63) is 70.6 Å². The van der Waals surface area contributed by atoms with Gasteiger partial charge < -0.3 is 4.74 Å². The summed E-state index contributed by atoms with van der Waals surface area (Å²) in [4.78, 5) is 15.4. The second-order valence-corrected chi connectivity index (χ2v) is 9.50. The third kappa shape index (κ3) is 6.68. The van der Waals surface area contributed by atoms with Crippen molar-refractivity contribution in [1.29, 1.82) is 0 Å². The van der Waals surface area contributed by atoms with Gasteiger partial charge in [-0.15, -0.1) is 0 Å². The van der Waals surface area contributed by atoms with Gasteiger partial charge in [0, 0.05) is 0 Å². The van der Waals surface area contributed by atoms with Crippen LogP contribution in [0.1, 0.15) is 69.5 Å². The van der Waals surface area contributed by atoms with Gasteiger partial charge in [0.15, 0.2) is 0 Å². The maximum absolute atomic E-state index is 13.0. The Kier molecular flexibility index (Phi) is 9.16. The molecule has 0 unspecified atom stereocenters. The highest BCUT2D eigenvalue weighted by Gasteiger charge is 2.35. The highest BCUT2D eigenvalue weighted by molar-refractivity contribution is 8.26. The second-order valence-electron chi connectivity index (χ2n) is 7.82. The zero-order valence-electron chi connectivity index (χ0n) is 18.4. The standard InChI is InChI=1S/C26H31NO2S2/c1-3-4-5-6-7-11-18-29-23-16-14-21(15-17-23)19-24-25(28)27(26(30)31-24)20(2)22-12-9-8-10-13-22/h8-10,12-17,19-20H,3-7,11,18H2,1-2H3/b24-19-/t20-/m0/s1. The van der Waals surface area contributed by atoms with E-state index in [2.05, 4.69) is 6.92 Å². The molecule has 31 heavy (non-hydrogen) atoms. The molecule has 1 atom stereocenters. The van der Waals surface area contributed by atoms with Crippen LogP contribution < -0.4 is 4.74 Å². The summed E-state index contributed by atoms with van der Waals surface area (Å²) in [6.07, 6.45) is 9.44. The number of amides is 1. The molecule has 0 N–H and O–H groups in total. The van der Waals surface area contributed by atoms with E-state index in [1.165, 1.54) is 43.9 Å². The summed E-state index contributed by atoms with van der Waals surface area (Å²) >= 11 is 6.87. The van der Waals surface area contributed by atoms with Crippen LogP contribution in [0, 0.1) is 0 Å². The van der Waals surface area contributed by atoms with Crippen molar-refractivity contribution in [2.24, 2.45) is 0 Å². The van der Waals surface area contributed by atoms with Gasteiger partial charge in [-0.25, -0.2) is 0 Å². The predicted molar refractivity (Wildman–Crippen MR) is 135 cm³/mol. The molecule has 5 heteroatoms. The smallest absolute Gasteiger partial charge is 0.266 e. The molecule has 2 aromatic rings. The van der Waals surface area contributed by atoms with Crippen LogP contribution in [0.2, 0.25) is 0 Å². The number of thioether (sulfide) groups is 1. The number of rotatable bonds is 11. The Morgan fingerprint density at radius 3 is 2.39 bits per heavy atom. The van der Waals surface area contributed by atoms with Crippen LogP contribution in [-0.4, -0.2) is 21.7 Å². The molecule has 1 aliphatic rings. The summed E-state index contributed by atoms with van der Waals surface area (Å²) < 4.78 is 6.45. The van der Waals surface area contributed by atoms with E-state index in [0.717, 1.165) is 29.9 Å². The Bertz CT molecular complexity index is 893. The zero-order valence-corrected chi connectivity index (χ0v) is 20.0. The van der Waals surface area contributed by atoms with Crippen molar-refractivity contribution in [1.82, 2.24) is 4.90 Å². The Hall–Kier alpha value is -2.11. The van der Waals surface area contributed by atoms with Crippen molar-refractivity contribution < 1.29 is 9.53 Å². The molecule has 0 aromatic heterocycles. The van der Waals surface area contributed by atoms with Crippen LogP contribution in [0.25, 0.3) is 6.08 Å². The van der Waals surface area contributed by atoms with Crippen molar-refractivity contribution in [2.75, 3.05) is 6.61 Å². The molecule has 0 spiro atoms. The average molecular weight is 454 g/mol. The Balaban J connectivity index is 1.54. The zero-order chi connectivity index (χ0) is 22.1. The lowest BCUT2D eigenvalue weighted by molar-refractivity contribution is -0.123. The Morgan fingerprint density at radius 2 is 1.68 bits per heavy atom. The molecule has 3 rings (SSSR count). The number of hydrogen-bond acceptors (Lipinski definition) is 4. The normalized spacial score (nSPS) is 16.2. The van der Waals surface area contributed by atoms with Gasteiger partial charge in [0.25, 0.3) is 5.91 Å². The van der Waals surface area contributed by atoms with E-state index < -0.39 is 0 Å². The highest BCUT2D eigenvalue weighted by atomic mass is 32.2. The number of carbonyl (C=O) groups is 1. The Morgan fingerprint density at radius 1 is 1.00 bits per heavy atom. The van der Waals surface area contributed by atoms with Crippen molar-refractivity contribution >= 4 is 40.3 Å². The molecule has 3 nitrogen and oxygen atoms in total. The van der Waals surface area contributed by atoms with Crippen LogP contribution in [0.5, 0.6) is 5.75 Å². The van der Waals surface area contributed by atoms with Crippen molar-refractivity contribution in [2.45, 2.75) is 58.4 Å². The first kappa shape index (κ1) is 23.6. The van der Waals surface area contributed by atoms with Gasteiger partial charge in [0.2, 0.25) is 0 Å². The largest absolute Gasteiger partial charge is 0.494 e. The summed E-state index contributed by atoms with van der Waals surface area (Å²) in [7, 11) is 0. The molecule has 0 saturated carbocycles. The van der Waals surface area contributed by atoms with E-state index in [1.54, 1.807) is 4.90 Å². The van der Waals surface area contributed by atoms with Gasteiger partial charge in [0.1, 0.15) is 10.1 Å². The maximum atomic E-state index is 13.0. The monoisotopic (exact) mass is 453 g/mol. The molecule has 1 aliphatic heterocycles. The lowest BCUT2D eigenvalue weighted by atomic mass is 10.1. The molecule has 2 aromatic carbocycles. The molecule has 164 valence electrons. The molecular formula is C26H31NO2S2. The fraction of sp³-hybridized carbons (Fsp3) is 0.385. The van der Waals surface area contributed by atoms with E-state index in [0.29, 0.717) is 9.23 Å². The number of nitrogens with zero attached hydrogens (tertiary/aromatic N) is 1. The maximum Gasteiger partial charge on any atom is 0.266 e. The lowest BCUT2D eigenvalue weighted by Gasteiger charge is -2.23. The number of ether oxygens (including phenoxy) is 1. The van der Waals surface area contributed by atoms with Crippen LogP contribution in [-0.2, 0) is 4.79 Å². The third-order valence-corrected chi connectivity index (χ3v) is 6.77. The quantitative estimate of drug-likeness (QED) is 0.201. The minimum absolute atomic E-state index is 0.0326.